The van der Waals surface area contributed by atoms with Gasteiger partial charge in [-0.2, -0.15) is 5.10 Å². The molecule has 2 aromatic rings. The van der Waals surface area contributed by atoms with Crippen molar-refractivity contribution in [3.05, 3.63) is 58.4 Å². The fourth-order valence-electron chi connectivity index (χ4n) is 2.64. The molecule has 1 aromatic carbocycles. The van der Waals surface area contributed by atoms with Crippen LogP contribution >= 0.6 is 0 Å². The summed E-state index contributed by atoms with van der Waals surface area (Å²) in [4.78, 5) is 27.2. The molecule has 0 aliphatic heterocycles. The maximum atomic E-state index is 12.0. The van der Waals surface area contributed by atoms with Crippen LogP contribution in [0, 0.1) is 13.8 Å². The van der Waals surface area contributed by atoms with Gasteiger partial charge in [-0.3, -0.25) is 4.79 Å². The lowest BCUT2D eigenvalue weighted by Crippen LogP contribution is -2.21. The Hall–Kier alpha value is -2.89. The van der Waals surface area contributed by atoms with E-state index in [-0.39, 0.29) is 18.3 Å². The number of benzene rings is 1. The van der Waals surface area contributed by atoms with E-state index in [9.17, 15) is 9.59 Å². The quantitative estimate of drug-likeness (QED) is 0.481. The Morgan fingerprint density at radius 3 is 2.52 bits per heavy atom. The van der Waals surface area contributed by atoms with Crippen LogP contribution in [-0.2, 0) is 16.0 Å². The molecule has 0 aliphatic carbocycles. The highest BCUT2D eigenvalue weighted by molar-refractivity contribution is 6.03. The molecule has 0 atom stereocenters. The number of esters is 1. The van der Waals surface area contributed by atoms with Crippen molar-refractivity contribution in [2.24, 2.45) is 5.10 Å². The van der Waals surface area contributed by atoms with Crippen LogP contribution in [0.5, 0.6) is 0 Å². The van der Waals surface area contributed by atoms with Gasteiger partial charge >= 0.3 is 5.97 Å². The van der Waals surface area contributed by atoms with Crippen LogP contribution in [0.15, 0.2) is 35.4 Å². The van der Waals surface area contributed by atoms with Gasteiger partial charge in [-0.05, 0) is 38.8 Å². The Bertz CT molecular complexity index is 792. The number of nitrogens with zero attached hydrogens (tertiary/aromatic N) is 1. The topological polar surface area (TPSA) is 83.6 Å². The van der Waals surface area contributed by atoms with E-state index in [1.165, 1.54) is 0 Å². The number of hydrazone groups is 1. The molecule has 0 fully saturated rings. The average molecular weight is 341 g/mol. The zero-order valence-corrected chi connectivity index (χ0v) is 15.0. The Balaban J connectivity index is 2.10. The normalized spacial score (nSPS) is 11.3. The van der Waals surface area contributed by atoms with E-state index >= 15 is 0 Å². The summed E-state index contributed by atoms with van der Waals surface area (Å²) in [6, 6.07) is 9.46. The molecule has 1 heterocycles. The number of hydrogen-bond donors (Lipinski definition) is 2. The third-order valence-electron chi connectivity index (χ3n) is 3.83. The summed E-state index contributed by atoms with van der Waals surface area (Å²) >= 11 is 0. The van der Waals surface area contributed by atoms with Crippen molar-refractivity contribution >= 4 is 17.6 Å². The van der Waals surface area contributed by atoms with E-state index in [4.69, 9.17) is 4.74 Å². The Morgan fingerprint density at radius 1 is 1.20 bits per heavy atom. The molecule has 1 aromatic heterocycles. The van der Waals surface area contributed by atoms with Gasteiger partial charge in [-0.15, -0.1) is 0 Å². The van der Waals surface area contributed by atoms with Gasteiger partial charge < -0.3 is 9.72 Å². The lowest BCUT2D eigenvalue weighted by Gasteiger charge is -2.04. The van der Waals surface area contributed by atoms with Crippen LogP contribution in [0.25, 0.3) is 0 Å². The summed E-state index contributed by atoms with van der Waals surface area (Å²) in [5.74, 6) is -0.557. The molecule has 0 saturated carbocycles. The molecule has 0 spiro atoms. The third kappa shape index (κ3) is 4.56. The van der Waals surface area contributed by atoms with Crippen LogP contribution in [0.1, 0.15) is 46.7 Å². The molecule has 6 nitrogen and oxygen atoms in total. The minimum atomic E-state index is -0.360. The van der Waals surface area contributed by atoms with Crippen molar-refractivity contribution in [1.29, 1.82) is 0 Å². The number of carbonyl (C=O) groups is 2. The molecule has 2 rings (SSSR count). The first-order valence-electron chi connectivity index (χ1n) is 8.17. The van der Waals surface area contributed by atoms with E-state index in [2.05, 4.69) is 15.5 Å². The number of ether oxygens (including phenoxy) is 1. The average Bonchev–Trinajstić information content (AvgIpc) is 2.88. The van der Waals surface area contributed by atoms with Crippen molar-refractivity contribution < 1.29 is 14.3 Å². The van der Waals surface area contributed by atoms with Gasteiger partial charge in [-0.1, -0.05) is 30.3 Å². The predicted octanol–water partition coefficient (Wildman–Crippen LogP) is 2.89. The van der Waals surface area contributed by atoms with Gasteiger partial charge in [0.15, 0.2) is 0 Å². The minimum Gasteiger partial charge on any atom is -0.462 e. The highest BCUT2D eigenvalue weighted by Gasteiger charge is 2.20. The Kier molecular flexibility index (Phi) is 6.11. The minimum absolute atomic E-state index is 0.197. The fraction of sp³-hybridized carbons (Fsp3) is 0.316. The van der Waals surface area contributed by atoms with Crippen molar-refractivity contribution in [3.63, 3.8) is 0 Å². The molecule has 0 saturated heterocycles. The monoisotopic (exact) mass is 341 g/mol. The number of aromatic nitrogens is 1. The number of H-pyrrole nitrogens is 1. The molecule has 2 N–H and O–H groups in total. The second-order valence-corrected chi connectivity index (χ2v) is 5.74. The van der Waals surface area contributed by atoms with E-state index in [0.29, 0.717) is 23.6 Å². The van der Waals surface area contributed by atoms with E-state index in [1.807, 2.05) is 44.2 Å². The van der Waals surface area contributed by atoms with Gasteiger partial charge in [0, 0.05) is 5.69 Å². The molecular weight excluding hydrogens is 318 g/mol. The van der Waals surface area contributed by atoms with Crippen LogP contribution in [0.4, 0.5) is 0 Å². The summed E-state index contributed by atoms with van der Waals surface area (Å²) in [6.45, 7) is 7.50. The van der Waals surface area contributed by atoms with Gasteiger partial charge in [0.2, 0.25) is 5.91 Å². The smallest absolute Gasteiger partial charge is 0.340 e. The SMILES string of the molecule is CCOC(=O)c1c(C)[nH]c(C(C)=NNC(=O)Cc2ccccc2)c1C. The molecule has 132 valence electrons. The molecule has 0 bridgehead atoms. The number of rotatable bonds is 6. The number of amides is 1. The van der Waals surface area contributed by atoms with Gasteiger partial charge in [0.05, 0.1) is 30.0 Å². The second kappa shape index (κ2) is 8.28. The molecular formula is C19H23N3O3. The lowest BCUT2D eigenvalue weighted by atomic mass is 10.1. The number of hydrogen-bond acceptors (Lipinski definition) is 4. The van der Waals surface area contributed by atoms with Crippen LogP contribution < -0.4 is 5.43 Å². The summed E-state index contributed by atoms with van der Waals surface area (Å²) in [5, 5.41) is 4.14. The highest BCUT2D eigenvalue weighted by Crippen LogP contribution is 2.19. The van der Waals surface area contributed by atoms with Crippen molar-refractivity contribution in [2.45, 2.75) is 34.1 Å². The number of aryl methyl sites for hydroxylation is 1. The lowest BCUT2D eigenvalue weighted by molar-refractivity contribution is -0.120. The van der Waals surface area contributed by atoms with Crippen molar-refractivity contribution in [1.82, 2.24) is 10.4 Å². The Morgan fingerprint density at radius 2 is 1.88 bits per heavy atom. The molecule has 0 radical (unpaired) electrons. The summed E-state index contributed by atoms with van der Waals surface area (Å²) in [5.41, 5.74) is 6.77. The summed E-state index contributed by atoms with van der Waals surface area (Å²) in [6.07, 6.45) is 0.258. The van der Waals surface area contributed by atoms with Gasteiger partial charge in [0.25, 0.3) is 0 Å². The highest BCUT2D eigenvalue weighted by atomic mass is 16.5. The zero-order chi connectivity index (χ0) is 18.4. The van der Waals surface area contributed by atoms with Crippen LogP contribution in [0.2, 0.25) is 0 Å². The van der Waals surface area contributed by atoms with Crippen molar-refractivity contribution in [3.8, 4) is 0 Å². The van der Waals surface area contributed by atoms with E-state index in [1.54, 1.807) is 13.8 Å². The van der Waals surface area contributed by atoms with Gasteiger partial charge in [0.1, 0.15) is 0 Å². The molecule has 0 unspecified atom stereocenters. The predicted molar refractivity (Wildman–Crippen MR) is 96.7 cm³/mol. The number of nitrogens with one attached hydrogen (secondary N) is 2. The van der Waals surface area contributed by atoms with Gasteiger partial charge in [-0.25, -0.2) is 10.2 Å². The van der Waals surface area contributed by atoms with Crippen molar-refractivity contribution in [2.75, 3.05) is 6.61 Å². The summed E-state index contributed by atoms with van der Waals surface area (Å²) < 4.78 is 5.08. The van der Waals surface area contributed by atoms with E-state index < -0.39 is 0 Å². The van der Waals surface area contributed by atoms with Crippen LogP contribution in [-0.4, -0.2) is 29.2 Å². The number of aromatic amines is 1. The largest absolute Gasteiger partial charge is 0.462 e. The second-order valence-electron chi connectivity index (χ2n) is 5.74. The molecule has 0 aliphatic rings. The molecule has 6 heteroatoms. The fourth-order valence-corrected chi connectivity index (χ4v) is 2.64. The van der Waals surface area contributed by atoms with Crippen LogP contribution in [0.3, 0.4) is 0 Å². The maximum Gasteiger partial charge on any atom is 0.340 e. The Labute approximate surface area is 147 Å². The first-order valence-corrected chi connectivity index (χ1v) is 8.17. The first-order chi connectivity index (χ1) is 11.9. The maximum absolute atomic E-state index is 12.0. The first kappa shape index (κ1) is 18.4. The van der Waals surface area contributed by atoms with E-state index in [0.717, 1.165) is 16.8 Å². The zero-order valence-electron chi connectivity index (χ0n) is 15.0. The molecule has 25 heavy (non-hydrogen) atoms. The summed E-state index contributed by atoms with van der Waals surface area (Å²) in [7, 11) is 0. The number of carbonyl (C=O) groups excluding carboxylic acids is 2. The molecule has 1 amide bonds. The standard InChI is InChI=1S/C19H23N3O3/c1-5-25-19(24)17-12(2)18(20-13(17)3)14(4)21-22-16(23)11-15-9-7-6-8-10-15/h6-10,20H,5,11H2,1-4H3,(H,22,23). The third-order valence-corrected chi connectivity index (χ3v) is 3.83.